The zero-order valence-electron chi connectivity index (χ0n) is 14.2. The molecule has 0 atom stereocenters. The van der Waals surface area contributed by atoms with Crippen LogP contribution in [0.25, 0.3) is 10.9 Å². The van der Waals surface area contributed by atoms with Crippen LogP contribution in [0.4, 0.5) is 0 Å². The minimum Gasteiger partial charge on any atom is -0.349 e. The lowest BCUT2D eigenvalue weighted by atomic mass is 10.0. The first-order valence-electron chi connectivity index (χ1n) is 8.37. The summed E-state index contributed by atoms with van der Waals surface area (Å²) in [4.78, 5) is 30.3. The molecule has 1 amide bonds. The lowest BCUT2D eigenvalue weighted by molar-refractivity contribution is 0.0917. The number of nitrogens with zero attached hydrogens (tertiary/aromatic N) is 2. The molecule has 0 aliphatic carbocycles. The normalized spacial score (nSPS) is 16.0. The minimum atomic E-state index is -0.180. The fourth-order valence-corrected chi connectivity index (χ4v) is 3.38. The van der Waals surface area contributed by atoms with Crippen LogP contribution in [-0.4, -0.2) is 46.5 Å². The molecule has 2 aromatic rings. The van der Waals surface area contributed by atoms with Crippen molar-refractivity contribution >= 4 is 29.0 Å². The predicted octanol–water partition coefficient (Wildman–Crippen LogP) is 2.07. The maximum absolute atomic E-state index is 12.5. The zero-order valence-corrected chi connectivity index (χ0v) is 15.1. The van der Waals surface area contributed by atoms with Gasteiger partial charge in [0.2, 0.25) is 0 Å². The van der Waals surface area contributed by atoms with Gasteiger partial charge >= 0.3 is 0 Å². The number of carbonyl (C=O) groups is 1. The first-order valence-corrected chi connectivity index (χ1v) is 8.77. The van der Waals surface area contributed by atoms with Crippen molar-refractivity contribution in [2.45, 2.75) is 25.4 Å². The van der Waals surface area contributed by atoms with Crippen LogP contribution < -0.4 is 10.9 Å². The molecule has 2 heterocycles. The van der Waals surface area contributed by atoms with E-state index in [1.807, 2.05) is 0 Å². The van der Waals surface area contributed by atoms with Gasteiger partial charge in [0.25, 0.3) is 11.5 Å². The number of H-pyrrole nitrogens is 1. The molecule has 1 aliphatic heterocycles. The van der Waals surface area contributed by atoms with Crippen LogP contribution >= 0.6 is 12.2 Å². The Labute approximate surface area is 151 Å². The molecule has 3 rings (SSSR count). The summed E-state index contributed by atoms with van der Waals surface area (Å²) in [6, 6.07) is 5.24. The molecule has 0 bridgehead atoms. The Hall–Kier alpha value is -2.25. The van der Waals surface area contributed by atoms with Gasteiger partial charge in [-0.3, -0.25) is 14.2 Å². The second-order valence-electron chi connectivity index (χ2n) is 6.45. The molecular formula is C18H22N4O2S. The van der Waals surface area contributed by atoms with Gasteiger partial charge in [0.15, 0.2) is 4.77 Å². The molecule has 1 saturated heterocycles. The van der Waals surface area contributed by atoms with Crippen LogP contribution in [0, 0.1) is 4.77 Å². The first-order chi connectivity index (χ1) is 12.0. The van der Waals surface area contributed by atoms with Crippen LogP contribution in [0.15, 0.2) is 35.6 Å². The number of fused-ring (bicyclic) bond motifs is 1. The van der Waals surface area contributed by atoms with E-state index in [2.05, 4.69) is 28.8 Å². The smallest absolute Gasteiger partial charge is 0.262 e. The van der Waals surface area contributed by atoms with E-state index in [1.165, 1.54) is 4.57 Å². The Morgan fingerprint density at radius 1 is 1.44 bits per heavy atom. The summed E-state index contributed by atoms with van der Waals surface area (Å²) in [6.07, 6.45) is 3.52. The number of rotatable bonds is 4. The van der Waals surface area contributed by atoms with Crippen molar-refractivity contribution in [1.82, 2.24) is 19.8 Å². The summed E-state index contributed by atoms with van der Waals surface area (Å²) in [6.45, 7) is 5.96. The predicted molar refractivity (Wildman–Crippen MR) is 102 cm³/mol. The minimum absolute atomic E-state index is 0.119. The highest BCUT2D eigenvalue weighted by Crippen LogP contribution is 2.13. The number of aromatic amines is 1. The van der Waals surface area contributed by atoms with E-state index in [4.69, 9.17) is 12.2 Å². The van der Waals surface area contributed by atoms with E-state index in [9.17, 15) is 9.59 Å². The third-order valence-corrected chi connectivity index (χ3v) is 4.93. The molecule has 1 aromatic carbocycles. The number of hydrogen-bond acceptors (Lipinski definition) is 4. The van der Waals surface area contributed by atoms with E-state index in [1.54, 1.807) is 24.3 Å². The molecular weight excluding hydrogens is 336 g/mol. The first kappa shape index (κ1) is 17.6. The lowest BCUT2D eigenvalue weighted by Crippen LogP contribution is -2.43. The Morgan fingerprint density at radius 2 is 2.16 bits per heavy atom. The average molecular weight is 358 g/mol. The molecule has 0 spiro atoms. The average Bonchev–Trinajstić information content (AvgIpc) is 2.60. The van der Waals surface area contributed by atoms with Gasteiger partial charge < -0.3 is 15.2 Å². The highest BCUT2D eigenvalue weighted by molar-refractivity contribution is 7.71. The van der Waals surface area contributed by atoms with Crippen LogP contribution in [-0.2, 0) is 6.54 Å². The number of carbonyl (C=O) groups excluding carboxylic acids is 1. The quantitative estimate of drug-likeness (QED) is 0.648. The fourth-order valence-electron chi connectivity index (χ4n) is 3.11. The van der Waals surface area contributed by atoms with E-state index in [0.717, 1.165) is 25.9 Å². The second-order valence-corrected chi connectivity index (χ2v) is 6.83. The summed E-state index contributed by atoms with van der Waals surface area (Å²) in [7, 11) is 2.09. The van der Waals surface area contributed by atoms with Crippen molar-refractivity contribution in [3.63, 3.8) is 0 Å². The van der Waals surface area contributed by atoms with E-state index in [0.29, 0.717) is 27.8 Å². The summed E-state index contributed by atoms with van der Waals surface area (Å²) < 4.78 is 1.77. The van der Waals surface area contributed by atoms with Gasteiger partial charge in [0.05, 0.1) is 10.9 Å². The molecule has 1 fully saturated rings. The van der Waals surface area contributed by atoms with Gasteiger partial charge in [-0.05, 0) is 63.4 Å². The number of likely N-dealkylation sites (tertiary alicyclic amines) is 1. The second kappa shape index (κ2) is 7.33. The third-order valence-electron chi connectivity index (χ3n) is 4.61. The van der Waals surface area contributed by atoms with E-state index < -0.39 is 0 Å². The molecule has 132 valence electrons. The zero-order chi connectivity index (χ0) is 18.0. The topological polar surface area (TPSA) is 70.1 Å². The number of piperidine rings is 1. The number of hydrogen-bond donors (Lipinski definition) is 2. The Kier molecular flexibility index (Phi) is 5.15. The molecule has 0 saturated carbocycles. The van der Waals surface area contributed by atoms with Crippen molar-refractivity contribution in [3.05, 3.63) is 51.5 Å². The van der Waals surface area contributed by atoms with Gasteiger partial charge in [-0.1, -0.05) is 6.08 Å². The lowest BCUT2D eigenvalue weighted by Gasteiger charge is -2.29. The van der Waals surface area contributed by atoms with Gasteiger partial charge in [0.1, 0.15) is 0 Å². The summed E-state index contributed by atoms with van der Waals surface area (Å²) in [5.41, 5.74) is 0.921. The summed E-state index contributed by atoms with van der Waals surface area (Å²) in [5, 5.41) is 3.59. The SMILES string of the molecule is C=CCn1c(=S)[nH]c2cc(C(=O)NC3CCN(C)CC3)ccc2c1=O. The van der Waals surface area contributed by atoms with Crippen molar-refractivity contribution in [2.24, 2.45) is 0 Å². The molecule has 7 heteroatoms. The molecule has 25 heavy (non-hydrogen) atoms. The number of amides is 1. The monoisotopic (exact) mass is 358 g/mol. The Balaban J connectivity index is 1.87. The maximum Gasteiger partial charge on any atom is 0.262 e. The van der Waals surface area contributed by atoms with Crippen molar-refractivity contribution in [1.29, 1.82) is 0 Å². The maximum atomic E-state index is 12.5. The Morgan fingerprint density at radius 3 is 2.84 bits per heavy atom. The van der Waals surface area contributed by atoms with Crippen LogP contribution in [0.3, 0.4) is 0 Å². The largest absolute Gasteiger partial charge is 0.349 e. The van der Waals surface area contributed by atoms with Gasteiger partial charge in [-0.2, -0.15) is 0 Å². The molecule has 1 aromatic heterocycles. The van der Waals surface area contributed by atoms with Crippen molar-refractivity contribution < 1.29 is 4.79 Å². The van der Waals surface area contributed by atoms with Crippen LogP contribution in [0.2, 0.25) is 0 Å². The summed E-state index contributed by atoms with van der Waals surface area (Å²) >= 11 is 5.24. The Bertz CT molecular complexity index is 923. The molecule has 2 N–H and O–H groups in total. The van der Waals surface area contributed by atoms with Crippen molar-refractivity contribution in [3.8, 4) is 0 Å². The van der Waals surface area contributed by atoms with Crippen LogP contribution in [0.1, 0.15) is 23.2 Å². The number of allylic oxidation sites excluding steroid dienone is 1. The van der Waals surface area contributed by atoms with Crippen LogP contribution in [0.5, 0.6) is 0 Å². The fraction of sp³-hybridized carbons (Fsp3) is 0.389. The van der Waals surface area contributed by atoms with Gasteiger partial charge in [-0.25, -0.2) is 0 Å². The number of nitrogens with one attached hydrogen (secondary N) is 2. The highest BCUT2D eigenvalue weighted by atomic mass is 32.1. The molecule has 1 aliphatic rings. The number of aromatic nitrogens is 2. The van der Waals surface area contributed by atoms with Crippen molar-refractivity contribution in [2.75, 3.05) is 20.1 Å². The molecule has 6 nitrogen and oxygen atoms in total. The van der Waals surface area contributed by atoms with E-state index in [-0.39, 0.29) is 17.5 Å². The van der Waals surface area contributed by atoms with Gasteiger partial charge in [0, 0.05) is 18.2 Å². The number of benzene rings is 1. The highest BCUT2D eigenvalue weighted by Gasteiger charge is 2.19. The standard InChI is InChI=1S/C18H22N4O2S/c1-3-8-22-17(24)14-5-4-12(11-15(14)20-18(22)25)16(23)19-13-6-9-21(2)10-7-13/h3-5,11,13H,1,6-10H2,2H3,(H,19,23)(H,20,25). The van der Waals surface area contributed by atoms with E-state index >= 15 is 0 Å². The molecule has 0 radical (unpaired) electrons. The third kappa shape index (κ3) is 3.72. The van der Waals surface area contributed by atoms with Gasteiger partial charge in [-0.15, -0.1) is 6.58 Å². The summed E-state index contributed by atoms with van der Waals surface area (Å²) in [5.74, 6) is -0.119. The molecule has 0 unspecified atom stereocenters.